The van der Waals surface area contributed by atoms with Crippen LogP contribution in [0, 0.1) is 3.57 Å². The zero-order valence-electron chi connectivity index (χ0n) is 12.1. The molecular weight excluding hydrogens is 558 g/mol. The van der Waals surface area contributed by atoms with Gasteiger partial charge in [0.25, 0.3) is 0 Å². The fourth-order valence-corrected chi connectivity index (χ4v) is 4.07. The van der Waals surface area contributed by atoms with Crippen molar-refractivity contribution in [1.82, 2.24) is 4.98 Å². The minimum absolute atomic E-state index is 0.383. The Labute approximate surface area is 188 Å². The highest BCUT2D eigenvalue weighted by atomic mass is 127. The third-order valence-electron chi connectivity index (χ3n) is 3.40. The Morgan fingerprint density at radius 3 is 1.68 bits per heavy atom. The van der Waals surface area contributed by atoms with E-state index in [-0.39, 0.29) is 0 Å². The van der Waals surface area contributed by atoms with Gasteiger partial charge in [0.05, 0.1) is 41.5 Å². The monoisotopic (exact) mass is 561 g/mol. The van der Waals surface area contributed by atoms with Crippen LogP contribution in [-0.2, 0) is 0 Å². The average molecular weight is 564 g/mol. The first-order valence-electron chi connectivity index (χ1n) is 6.74. The van der Waals surface area contributed by atoms with Crippen LogP contribution >= 0.6 is 92.2 Å². The minimum Gasteiger partial charge on any atom is -0.247 e. The molecule has 25 heavy (non-hydrogen) atoms. The van der Waals surface area contributed by atoms with E-state index in [4.69, 9.17) is 74.6 Å². The number of nitrogens with zero attached hydrogens (tertiary/aromatic N) is 1. The van der Waals surface area contributed by atoms with Gasteiger partial charge in [0, 0.05) is 14.7 Å². The van der Waals surface area contributed by atoms with Crippen molar-refractivity contribution in [2.24, 2.45) is 0 Å². The maximum atomic E-state index is 6.33. The van der Waals surface area contributed by atoms with Crippen LogP contribution in [0.4, 0.5) is 0 Å². The lowest BCUT2D eigenvalue weighted by Crippen LogP contribution is -1.94. The lowest BCUT2D eigenvalue weighted by molar-refractivity contribution is 1.30. The van der Waals surface area contributed by atoms with E-state index in [1.807, 2.05) is 12.1 Å². The van der Waals surface area contributed by atoms with E-state index < -0.39 is 0 Å². The molecule has 0 unspecified atom stereocenters. The second-order valence-electron chi connectivity index (χ2n) is 5.02. The molecule has 1 aromatic heterocycles. The summed E-state index contributed by atoms with van der Waals surface area (Å²) in [5.41, 5.74) is 2.66. The number of halogens is 7. The molecule has 3 aromatic rings. The largest absolute Gasteiger partial charge is 0.247 e. The second kappa shape index (κ2) is 7.97. The van der Waals surface area contributed by atoms with Crippen LogP contribution in [0.15, 0.2) is 36.4 Å². The molecule has 0 radical (unpaired) electrons. The Morgan fingerprint density at radius 1 is 0.600 bits per heavy atom. The van der Waals surface area contributed by atoms with Gasteiger partial charge in [-0.05, 0) is 59.0 Å². The molecule has 8 heteroatoms. The van der Waals surface area contributed by atoms with E-state index in [1.54, 1.807) is 24.3 Å². The van der Waals surface area contributed by atoms with Crippen molar-refractivity contribution in [3.8, 4) is 22.5 Å². The van der Waals surface area contributed by atoms with Gasteiger partial charge in [-0.25, -0.2) is 4.98 Å². The molecule has 0 aliphatic rings. The summed E-state index contributed by atoms with van der Waals surface area (Å²) >= 11 is 39.1. The number of pyridine rings is 1. The fourth-order valence-electron chi connectivity index (χ4n) is 2.20. The molecule has 0 saturated carbocycles. The van der Waals surface area contributed by atoms with Crippen LogP contribution < -0.4 is 0 Å². The summed E-state index contributed by atoms with van der Waals surface area (Å²) in [6, 6.07) is 10.3. The summed E-state index contributed by atoms with van der Waals surface area (Å²) < 4.78 is 0.901. The van der Waals surface area contributed by atoms with Gasteiger partial charge in [0.2, 0.25) is 0 Å². The van der Waals surface area contributed by atoms with Crippen LogP contribution in [0.5, 0.6) is 0 Å². The van der Waals surface area contributed by atoms with Gasteiger partial charge in [-0.15, -0.1) is 0 Å². The Bertz CT molecular complexity index is 989. The van der Waals surface area contributed by atoms with Crippen LogP contribution in [0.3, 0.4) is 0 Å². The molecule has 2 aromatic carbocycles. The minimum atomic E-state index is 0.383. The van der Waals surface area contributed by atoms with Crippen molar-refractivity contribution in [3.63, 3.8) is 0 Å². The molecule has 1 heterocycles. The highest BCUT2D eigenvalue weighted by molar-refractivity contribution is 14.1. The van der Waals surface area contributed by atoms with E-state index in [9.17, 15) is 0 Å². The number of rotatable bonds is 2. The predicted octanol–water partition coefficient (Wildman–Crippen LogP) is 8.94. The van der Waals surface area contributed by atoms with Crippen LogP contribution in [0.2, 0.25) is 30.1 Å². The summed E-state index contributed by atoms with van der Waals surface area (Å²) in [5, 5.41) is 2.47. The van der Waals surface area contributed by atoms with E-state index >= 15 is 0 Å². The smallest absolute Gasteiger partial charge is 0.0858 e. The zero-order valence-corrected chi connectivity index (χ0v) is 18.8. The van der Waals surface area contributed by atoms with Gasteiger partial charge in [-0.1, -0.05) is 69.6 Å². The predicted molar refractivity (Wildman–Crippen MR) is 118 cm³/mol. The zero-order chi connectivity index (χ0) is 18.3. The SMILES string of the molecule is Clc1cc(Cl)c(-c2ccc(I)c(-c3cc(Cl)c(Cl)cc3Cl)n2)cc1Cl. The highest BCUT2D eigenvalue weighted by Crippen LogP contribution is 2.39. The van der Waals surface area contributed by atoms with Gasteiger partial charge in [-0.3, -0.25) is 0 Å². The Hall–Kier alpha value is 0.0600. The third kappa shape index (κ3) is 4.16. The van der Waals surface area contributed by atoms with Crippen LogP contribution in [-0.4, -0.2) is 4.98 Å². The first-order chi connectivity index (χ1) is 11.8. The van der Waals surface area contributed by atoms with E-state index in [0.29, 0.717) is 52.7 Å². The Morgan fingerprint density at radius 2 is 1.08 bits per heavy atom. The average Bonchev–Trinajstić information content (AvgIpc) is 2.55. The van der Waals surface area contributed by atoms with Crippen molar-refractivity contribution in [2.45, 2.75) is 0 Å². The Kier molecular flexibility index (Phi) is 6.32. The molecule has 0 fully saturated rings. The second-order valence-corrected chi connectivity index (χ2v) is 8.62. The van der Waals surface area contributed by atoms with E-state index in [2.05, 4.69) is 22.6 Å². The molecular formula is C17H6Cl6IN. The molecule has 1 nitrogen and oxygen atoms in total. The molecule has 0 aliphatic heterocycles. The maximum absolute atomic E-state index is 6.33. The standard InChI is InChI=1S/C17H6Cl6IN/c18-9-5-13(22)11(20)3-7(9)16-2-1-15(24)17(25-16)8-4-12(21)14(23)6-10(8)19/h1-6H. The fraction of sp³-hybridized carbons (Fsp3) is 0. The molecule has 0 aliphatic carbocycles. The highest BCUT2D eigenvalue weighted by Gasteiger charge is 2.16. The van der Waals surface area contributed by atoms with Gasteiger partial charge in [0.1, 0.15) is 0 Å². The first-order valence-corrected chi connectivity index (χ1v) is 10.1. The lowest BCUT2D eigenvalue weighted by Gasteiger charge is -2.12. The number of benzene rings is 2. The summed E-state index contributed by atoms with van der Waals surface area (Å²) in [7, 11) is 0. The quantitative estimate of drug-likeness (QED) is 0.224. The summed E-state index contributed by atoms with van der Waals surface area (Å²) in [4.78, 5) is 4.70. The van der Waals surface area contributed by atoms with Crippen molar-refractivity contribution in [2.75, 3.05) is 0 Å². The molecule has 0 amide bonds. The Balaban J connectivity index is 2.21. The summed E-state index contributed by atoms with van der Waals surface area (Å²) in [6.45, 7) is 0. The van der Waals surface area contributed by atoms with Crippen LogP contribution in [0.25, 0.3) is 22.5 Å². The maximum Gasteiger partial charge on any atom is 0.0858 e. The van der Waals surface area contributed by atoms with E-state index in [1.165, 1.54) is 0 Å². The topological polar surface area (TPSA) is 12.9 Å². The van der Waals surface area contributed by atoms with Crippen molar-refractivity contribution in [1.29, 1.82) is 0 Å². The van der Waals surface area contributed by atoms with Crippen molar-refractivity contribution >= 4 is 92.2 Å². The lowest BCUT2D eigenvalue weighted by atomic mass is 10.1. The van der Waals surface area contributed by atoms with Gasteiger partial charge < -0.3 is 0 Å². The van der Waals surface area contributed by atoms with E-state index in [0.717, 1.165) is 3.57 Å². The number of hydrogen-bond acceptors (Lipinski definition) is 1. The molecule has 0 bridgehead atoms. The normalized spacial score (nSPS) is 11.0. The molecule has 0 N–H and O–H groups in total. The molecule has 128 valence electrons. The van der Waals surface area contributed by atoms with Gasteiger partial charge in [-0.2, -0.15) is 0 Å². The molecule has 0 spiro atoms. The van der Waals surface area contributed by atoms with Crippen molar-refractivity contribution in [3.05, 3.63) is 70.1 Å². The molecule has 0 saturated heterocycles. The molecule has 3 rings (SSSR count). The van der Waals surface area contributed by atoms with Crippen molar-refractivity contribution < 1.29 is 0 Å². The molecule has 0 atom stereocenters. The number of aromatic nitrogens is 1. The first kappa shape index (κ1) is 19.8. The number of hydrogen-bond donors (Lipinski definition) is 0. The van der Waals surface area contributed by atoms with Gasteiger partial charge in [0.15, 0.2) is 0 Å². The summed E-state index contributed by atoms with van der Waals surface area (Å²) in [5.74, 6) is 0. The summed E-state index contributed by atoms with van der Waals surface area (Å²) in [6.07, 6.45) is 0. The van der Waals surface area contributed by atoms with Crippen LogP contribution in [0.1, 0.15) is 0 Å². The third-order valence-corrected chi connectivity index (χ3v) is 6.34. The van der Waals surface area contributed by atoms with Gasteiger partial charge >= 0.3 is 0 Å².